The van der Waals surface area contributed by atoms with Crippen LogP contribution in [0, 0.1) is 0 Å². The van der Waals surface area contributed by atoms with Crippen LogP contribution in [0.15, 0.2) is 24.3 Å². The number of piperidine rings is 1. The summed E-state index contributed by atoms with van der Waals surface area (Å²) in [5.74, 6) is 1.02. The number of carbonyl (C=O) groups excluding carboxylic acids is 1. The third-order valence-corrected chi connectivity index (χ3v) is 3.86. The van der Waals surface area contributed by atoms with Crippen LogP contribution in [0.1, 0.15) is 34.9 Å². The van der Waals surface area contributed by atoms with Gasteiger partial charge in [-0.05, 0) is 38.1 Å². The van der Waals surface area contributed by atoms with Gasteiger partial charge in [0.2, 0.25) is 5.95 Å². The lowest BCUT2D eigenvalue weighted by Crippen LogP contribution is -2.27. The Labute approximate surface area is 140 Å². The van der Waals surface area contributed by atoms with Crippen molar-refractivity contribution in [3.05, 3.63) is 35.7 Å². The Hall–Kier alpha value is -2.12. The maximum atomic E-state index is 12.2. The number of carbonyl (C=O) groups is 1. The second kappa shape index (κ2) is 7.43. The van der Waals surface area contributed by atoms with Crippen molar-refractivity contribution < 1.29 is 9.90 Å². The van der Waals surface area contributed by atoms with Crippen molar-refractivity contribution in [3.63, 3.8) is 0 Å². The van der Waals surface area contributed by atoms with Crippen LogP contribution in [0.25, 0.3) is 0 Å². The van der Waals surface area contributed by atoms with Crippen LogP contribution in [0.5, 0.6) is 5.75 Å². The predicted octanol–water partition coefficient (Wildman–Crippen LogP) is 1.66. The number of amides is 1. The fourth-order valence-electron chi connectivity index (χ4n) is 2.60. The quantitative estimate of drug-likeness (QED) is 0.792. The molecule has 8 heteroatoms. The number of nitrogens with one attached hydrogen (secondary N) is 2. The van der Waals surface area contributed by atoms with Gasteiger partial charge >= 0.3 is 0 Å². The Kier molecular flexibility index (Phi) is 5.57. The van der Waals surface area contributed by atoms with E-state index in [1.165, 1.54) is 6.07 Å². The van der Waals surface area contributed by atoms with Gasteiger partial charge in [0.1, 0.15) is 5.75 Å². The van der Waals surface area contributed by atoms with E-state index in [1.807, 2.05) is 0 Å². The zero-order valence-electron chi connectivity index (χ0n) is 12.8. The monoisotopic (exact) mass is 337 g/mol. The molecule has 2 aromatic rings. The summed E-state index contributed by atoms with van der Waals surface area (Å²) in [4.78, 5) is 16.6. The highest BCUT2D eigenvalue weighted by molar-refractivity contribution is 6.05. The molecule has 1 aliphatic rings. The van der Waals surface area contributed by atoms with E-state index < -0.39 is 5.91 Å². The van der Waals surface area contributed by atoms with Gasteiger partial charge < -0.3 is 10.4 Å². The number of aryl methyl sites for hydroxylation is 1. The van der Waals surface area contributed by atoms with E-state index in [2.05, 4.69) is 20.7 Å². The number of phenolic OH excluding ortho intramolecular Hbond substituents is 1. The number of nitrogens with zero attached hydrogens (tertiary/aromatic N) is 3. The molecule has 1 aromatic carbocycles. The normalized spacial score (nSPS) is 15.0. The Morgan fingerprint density at radius 1 is 1.35 bits per heavy atom. The average Bonchev–Trinajstić information content (AvgIpc) is 2.89. The maximum absolute atomic E-state index is 12.2. The minimum absolute atomic E-state index is 0. The van der Waals surface area contributed by atoms with Crippen LogP contribution >= 0.6 is 12.4 Å². The van der Waals surface area contributed by atoms with Crippen molar-refractivity contribution in [3.8, 4) is 5.75 Å². The van der Waals surface area contributed by atoms with Gasteiger partial charge in [0.25, 0.3) is 5.91 Å². The van der Waals surface area contributed by atoms with E-state index in [9.17, 15) is 9.90 Å². The van der Waals surface area contributed by atoms with Gasteiger partial charge in [-0.1, -0.05) is 12.1 Å². The molecule has 124 valence electrons. The van der Waals surface area contributed by atoms with Crippen LogP contribution in [0.2, 0.25) is 0 Å². The van der Waals surface area contributed by atoms with Gasteiger partial charge in [-0.3, -0.25) is 10.1 Å². The van der Waals surface area contributed by atoms with Crippen LogP contribution in [-0.2, 0) is 7.05 Å². The zero-order valence-corrected chi connectivity index (χ0v) is 13.6. The lowest BCUT2D eigenvalue weighted by Gasteiger charge is -2.19. The number of aromatic hydroxyl groups is 1. The van der Waals surface area contributed by atoms with E-state index in [0.29, 0.717) is 11.9 Å². The largest absolute Gasteiger partial charge is 0.507 e. The molecule has 23 heavy (non-hydrogen) atoms. The number of rotatable bonds is 3. The van der Waals surface area contributed by atoms with E-state index in [1.54, 1.807) is 29.9 Å². The highest BCUT2D eigenvalue weighted by atomic mass is 35.5. The number of hydrogen-bond donors (Lipinski definition) is 3. The molecular weight excluding hydrogens is 318 g/mol. The average molecular weight is 338 g/mol. The molecule has 1 fully saturated rings. The second-order valence-corrected chi connectivity index (χ2v) is 5.41. The number of halogens is 1. The molecule has 0 aliphatic carbocycles. The van der Waals surface area contributed by atoms with Gasteiger partial charge in [-0.2, -0.15) is 10.1 Å². The van der Waals surface area contributed by atoms with Gasteiger partial charge in [0, 0.05) is 13.0 Å². The first-order valence-electron chi connectivity index (χ1n) is 7.36. The Balaban J connectivity index is 0.00000192. The number of para-hydroxylation sites is 1. The highest BCUT2D eigenvalue weighted by Gasteiger charge is 2.21. The standard InChI is InChI=1S/C15H19N5O2.ClH/c1-20-15(17-13(19-20)10-6-8-16-9-7-10)18-14(22)11-4-2-3-5-12(11)21;/h2-5,10,16,21H,6-9H2,1H3,(H,17,18,19,22);1H. The van der Waals surface area contributed by atoms with Gasteiger partial charge in [0.15, 0.2) is 5.82 Å². The van der Waals surface area contributed by atoms with Crippen molar-refractivity contribution >= 4 is 24.3 Å². The first-order chi connectivity index (χ1) is 10.6. The maximum Gasteiger partial charge on any atom is 0.261 e. The highest BCUT2D eigenvalue weighted by Crippen LogP contribution is 2.24. The zero-order chi connectivity index (χ0) is 15.5. The van der Waals surface area contributed by atoms with Crippen LogP contribution in [0.3, 0.4) is 0 Å². The molecule has 0 atom stereocenters. The summed E-state index contributed by atoms with van der Waals surface area (Å²) in [6.45, 7) is 1.92. The molecule has 3 rings (SSSR count). The van der Waals surface area contributed by atoms with Crippen molar-refractivity contribution in [2.24, 2.45) is 7.05 Å². The van der Waals surface area contributed by atoms with Gasteiger partial charge in [-0.15, -0.1) is 12.4 Å². The molecule has 0 bridgehead atoms. The van der Waals surface area contributed by atoms with Crippen molar-refractivity contribution in [2.45, 2.75) is 18.8 Å². The molecule has 2 heterocycles. The van der Waals surface area contributed by atoms with Gasteiger partial charge in [0.05, 0.1) is 5.56 Å². The molecular formula is C15H20ClN5O2. The minimum Gasteiger partial charge on any atom is -0.507 e. The third-order valence-electron chi connectivity index (χ3n) is 3.86. The molecule has 0 radical (unpaired) electrons. The lowest BCUT2D eigenvalue weighted by molar-refractivity contribution is 0.102. The third kappa shape index (κ3) is 3.80. The molecule has 1 amide bonds. The molecule has 0 unspecified atom stereocenters. The topological polar surface area (TPSA) is 92.1 Å². The molecule has 0 saturated carbocycles. The van der Waals surface area contributed by atoms with Crippen LogP contribution in [-0.4, -0.2) is 38.9 Å². The summed E-state index contributed by atoms with van der Waals surface area (Å²) in [5.41, 5.74) is 0.217. The summed E-state index contributed by atoms with van der Waals surface area (Å²) in [7, 11) is 1.75. The number of phenols is 1. The summed E-state index contributed by atoms with van der Waals surface area (Å²) in [6.07, 6.45) is 1.99. The summed E-state index contributed by atoms with van der Waals surface area (Å²) >= 11 is 0. The first-order valence-corrected chi connectivity index (χ1v) is 7.36. The van der Waals surface area contributed by atoms with E-state index >= 15 is 0 Å². The predicted molar refractivity (Wildman–Crippen MR) is 89.2 cm³/mol. The number of aromatic nitrogens is 3. The molecule has 3 N–H and O–H groups in total. The molecule has 7 nitrogen and oxygen atoms in total. The van der Waals surface area contributed by atoms with Crippen LogP contribution < -0.4 is 10.6 Å². The first kappa shape index (κ1) is 17.2. The second-order valence-electron chi connectivity index (χ2n) is 5.41. The van der Waals surface area contributed by atoms with E-state index in [0.717, 1.165) is 31.8 Å². The minimum atomic E-state index is -0.398. The van der Waals surface area contributed by atoms with E-state index in [4.69, 9.17) is 0 Å². The SMILES string of the molecule is Cl.Cn1nc(C2CCNCC2)nc1NC(=O)c1ccccc1O. The number of benzene rings is 1. The lowest BCUT2D eigenvalue weighted by atomic mass is 9.98. The fourth-order valence-corrected chi connectivity index (χ4v) is 2.60. The van der Waals surface area contributed by atoms with E-state index in [-0.39, 0.29) is 23.7 Å². The molecule has 0 spiro atoms. The Bertz CT molecular complexity index is 682. The molecule has 1 aliphatic heterocycles. The smallest absolute Gasteiger partial charge is 0.261 e. The Morgan fingerprint density at radius 2 is 2.04 bits per heavy atom. The van der Waals surface area contributed by atoms with Crippen molar-refractivity contribution in [1.82, 2.24) is 20.1 Å². The summed E-state index contributed by atoms with van der Waals surface area (Å²) in [5, 5.41) is 20.1. The number of anilines is 1. The molecule has 1 saturated heterocycles. The van der Waals surface area contributed by atoms with Crippen molar-refractivity contribution in [1.29, 1.82) is 0 Å². The van der Waals surface area contributed by atoms with Gasteiger partial charge in [-0.25, -0.2) is 4.68 Å². The molecule has 1 aromatic heterocycles. The van der Waals surface area contributed by atoms with Crippen molar-refractivity contribution in [2.75, 3.05) is 18.4 Å². The fraction of sp³-hybridized carbons (Fsp3) is 0.400. The van der Waals surface area contributed by atoms with Crippen LogP contribution in [0.4, 0.5) is 5.95 Å². The summed E-state index contributed by atoms with van der Waals surface area (Å²) in [6, 6.07) is 6.41. The number of hydrogen-bond acceptors (Lipinski definition) is 5. The Morgan fingerprint density at radius 3 is 2.74 bits per heavy atom. The summed E-state index contributed by atoms with van der Waals surface area (Å²) < 4.78 is 1.56.